The summed E-state index contributed by atoms with van der Waals surface area (Å²) >= 11 is 0. The summed E-state index contributed by atoms with van der Waals surface area (Å²) in [6, 6.07) is 10.2. The molecule has 0 bridgehead atoms. The molecule has 1 spiro atoms. The van der Waals surface area contributed by atoms with Crippen molar-refractivity contribution in [3.05, 3.63) is 42.2 Å². The van der Waals surface area contributed by atoms with E-state index in [1.807, 2.05) is 43.3 Å². The smallest absolute Gasteiger partial charge is 0.317 e. The lowest BCUT2D eigenvalue weighted by Crippen LogP contribution is -2.40. The largest absolute Gasteiger partial charge is 0.493 e. The van der Waals surface area contributed by atoms with Crippen LogP contribution >= 0.6 is 0 Å². The Morgan fingerprint density at radius 3 is 2.89 bits per heavy atom. The first kappa shape index (κ1) is 22.8. The molecular weight excluding hydrogens is 456 g/mol. The normalized spacial score (nSPS) is 23.2. The van der Waals surface area contributed by atoms with E-state index in [9.17, 15) is 9.59 Å². The standard InChI is InChI=1S/C27H32N6O3/c1-3-28-26(35)32-8-6-27(17-32)7-9-33-24(27)13-23(30-33)20-11-19-12-21(4-5-22(19)29-14-20)36-16-18-10-25(34)31(2)15-18/h4-5,11-14,18H,3,6-10,15-17H2,1-2H3,(H,28,35). The van der Waals surface area contributed by atoms with Gasteiger partial charge in [0.25, 0.3) is 0 Å². The van der Waals surface area contributed by atoms with Crippen LogP contribution in [0.5, 0.6) is 5.75 Å². The van der Waals surface area contributed by atoms with Gasteiger partial charge in [0.1, 0.15) is 5.75 Å². The Morgan fingerprint density at radius 1 is 1.22 bits per heavy atom. The van der Waals surface area contributed by atoms with Crippen LogP contribution in [0.4, 0.5) is 4.79 Å². The van der Waals surface area contributed by atoms with E-state index in [0.717, 1.165) is 66.9 Å². The van der Waals surface area contributed by atoms with Crippen LogP contribution in [0.15, 0.2) is 36.5 Å². The van der Waals surface area contributed by atoms with Crippen LogP contribution in [0.3, 0.4) is 0 Å². The van der Waals surface area contributed by atoms with Crippen molar-refractivity contribution in [2.45, 2.75) is 38.1 Å². The first-order valence-corrected chi connectivity index (χ1v) is 12.8. The van der Waals surface area contributed by atoms with Crippen molar-refractivity contribution in [1.82, 2.24) is 29.9 Å². The van der Waals surface area contributed by atoms with E-state index in [2.05, 4.69) is 27.1 Å². The van der Waals surface area contributed by atoms with E-state index in [1.165, 1.54) is 5.69 Å². The quantitative estimate of drug-likeness (QED) is 0.596. The number of hydrogen-bond acceptors (Lipinski definition) is 5. The Kier molecular flexibility index (Phi) is 5.58. The van der Waals surface area contributed by atoms with Gasteiger partial charge in [0.05, 0.1) is 17.8 Å². The number of carbonyl (C=O) groups excluding carboxylic acids is 2. The molecule has 3 amide bonds. The Labute approximate surface area is 210 Å². The minimum Gasteiger partial charge on any atom is -0.493 e. The lowest BCUT2D eigenvalue weighted by molar-refractivity contribution is -0.126. The van der Waals surface area contributed by atoms with Gasteiger partial charge in [-0.3, -0.25) is 14.5 Å². The second kappa shape index (κ2) is 8.80. The zero-order valence-corrected chi connectivity index (χ0v) is 20.9. The minimum absolute atomic E-state index is 0.0166. The van der Waals surface area contributed by atoms with Gasteiger partial charge in [-0.15, -0.1) is 0 Å². The van der Waals surface area contributed by atoms with Crippen LogP contribution in [0.25, 0.3) is 22.2 Å². The number of rotatable bonds is 5. The molecule has 3 aromatic rings. The maximum Gasteiger partial charge on any atom is 0.317 e. The summed E-state index contributed by atoms with van der Waals surface area (Å²) in [6.07, 6.45) is 4.41. The number of nitrogens with zero attached hydrogens (tertiary/aromatic N) is 5. The van der Waals surface area contributed by atoms with Gasteiger partial charge in [-0.25, -0.2) is 4.79 Å². The van der Waals surface area contributed by atoms with Gasteiger partial charge >= 0.3 is 6.03 Å². The third kappa shape index (κ3) is 3.96. The number of aromatic nitrogens is 3. The molecule has 188 valence electrons. The number of hydrogen-bond donors (Lipinski definition) is 1. The highest BCUT2D eigenvalue weighted by molar-refractivity contribution is 5.84. The molecule has 2 saturated heterocycles. The highest BCUT2D eigenvalue weighted by Gasteiger charge is 2.46. The molecule has 6 rings (SSSR count). The summed E-state index contributed by atoms with van der Waals surface area (Å²) in [5, 5.41) is 8.83. The van der Waals surface area contributed by atoms with E-state index in [4.69, 9.17) is 9.84 Å². The van der Waals surface area contributed by atoms with Gasteiger partial charge in [-0.05, 0) is 50.1 Å². The SMILES string of the molecule is CCNC(=O)N1CCC2(CCn3nc(-c4cnc5ccc(OCC6CC(=O)N(C)C6)cc5c4)cc32)C1. The maximum absolute atomic E-state index is 12.4. The van der Waals surface area contributed by atoms with Gasteiger partial charge in [0.15, 0.2) is 0 Å². The van der Waals surface area contributed by atoms with Crippen LogP contribution in [-0.4, -0.2) is 76.3 Å². The summed E-state index contributed by atoms with van der Waals surface area (Å²) in [5.41, 5.74) is 3.99. The summed E-state index contributed by atoms with van der Waals surface area (Å²) in [6.45, 7) is 6.24. The van der Waals surface area contributed by atoms with Gasteiger partial charge < -0.3 is 19.9 Å². The number of aryl methyl sites for hydroxylation is 1. The molecule has 2 aromatic heterocycles. The number of ether oxygens (including phenoxy) is 1. The zero-order chi connectivity index (χ0) is 24.9. The number of benzene rings is 1. The average molecular weight is 489 g/mol. The molecule has 1 N–H and O–H groups in total. The Morgan fingerprint density at radius 2 is 2.08 bits per heavy atom. The third-order valence-electron chi connectivity index (χ3n) is 7.95. The van der Waals surface area contributed by atoms with Crippen LogP contribution in [0, 0.1) is 5.92 Å². The number of amides is 3. The molecule has 0 saturated carbocycles. The number of fused-ring (bicyclic) bond motifs is 3. The molecule has 9 heteroatoms. The molecular formula is C27H32N6O3. The Bertz CT molecular complexity index is 1340. The Hall–Kier alpha value is -3.62. The molecule has 0 radical (unpaired) electrons. The predicted molar refractivity (Wildman–Crippen MR) is 136 cm³/mol. The average Bonchev–Trinajstić information content (AvgIpc) is 3.64. The van der Waals surface area contributed by atoms with E-state index >= 15 is 0 Å². The van der Waals surface area contributed by atoms with Crippen LogP contribution in [0.1, 0.15) is 31.9 Å². The number of pyridine rings is 1. The van der Waals surface area contributed by atoms with Crippen LogP contribution < -0.4 is 10.1 Å². The van der Waals surface area contributed by atoms with Crippen LogP contribution in [-0.2, 0) is 16.8 Å². The molecule has 3 aliphatic heterocycles. The second-order valence-corrected chi connectivity index (χ2v) is 10.4. The lowest BCUT2D eigenvalue weighted by atomic mass is 9.82. The summed E-state index contributed by atoms with van der Waals surface area (Å²) in [4.78, 5) is 32.5. The maximum atomic E-state index is 12.4. The van der Waals surface area contributed by atoms with Crippen molar-refractivity contribution >= 4 is 22.8 Å². The lowest BCUT2D eigenvalue weighted by Gasteiger charge is -2.23. The molecule has 1 aromatic carbocycles. The van der Waals surface area contributed by atoms with E-state index in [1.54, 1.807) is 4.90 Å². The molecule has 0 aliphatic carbocycles. The van der Waals surface area contributed by atoms with Crippen molar-refractivity contribution in [3.8, 4) is 17.0 Å². The molecule has 2 atom stereocenters. The summed E-state index contributed by atoms with van der Waals surface area (Å²) in [5.74, 6) is 1.19. The molecule has 2 fully saturated rings. The van der Waals surface area contributed by atoms with Crippen molar-refractivity contribution in [2.24, 2.45) is 5.92 Å². The number of likely N-dealkylation sites (tertiary alicyclic amines) is 2. The van der Waals surface area contributed by atoms with E-state index < -0.39 is 0 Å². The first-order valence-electron chi connectivity index (χ1n) is 12.8. The predicted octanol–water partition coefficient (Wildman–Crippen LogP) is 3.03. The highest BCUT2D eigenvalue weighted by Crippen LogP contribution is 2.43. The van der Waals surface area contributed by atoms with Crippen LogP contribution in [0.2, 0.25) is 0 Å². The fourth-order valence-corrected chi connectivity index (χ4v) is 5.95. The fourth-order valence-electron chi connectivity index (χ4n) is 5.95. The summed E-state index contributed by atoms with van der Waals surface area (Å²) in [7, 11) is 1.84. The van der Waals surface area contributed by atoms with Crippen molar-refractivity contribution in [2.75, 3.05) is 39.8 Å². The molecule has 36 heavy (non-hydrogen) atoms. The third-order valence-corrected chi connectivity index (χ3v) is 7.95. The van der Waals surface area contributed by atoms with Crippen molar-refractivity contribution in [3.63, 3.8) is 0 Å². The summed E-state index contributed by atoms with van der Waals surface area (Å²) < 4.78 is 8.15. The minimum atomic E-state index is -0.0166. The van der Waals surface area contributed by atoms with Gasteiger partial charge in [-0.1, -0.05) is 0 Å². The number of nitrogens with one attached hydrogen (secondary N) is 1. The second-order valence-electron chi connectivity index (χ2n) is 10.4. The Balaban J connectivity index is 1.21. The van der Waals surface area contributed by atoms with Gasteiger partial charge in [-0.2, -0.15) is 5.10 Å². The number of carbonyl (C=O) groups is 2. The zero-order valence-electron chi connectivity index (χ0n) is 20.9. The van der Waals surface area contributed by atoms with Crippen molar-refractivity contribution < 1.29 is 14.3 Å². The van der Waals surface area contributed by atoms with Gasteiger partial charge in [0.2, 0.25) is 5.91 Å². The fraction of sp³-hybridized carbons (Fsp3) is 0.481. The molecule has 5 heterocycles. The molecule has 2 unspecified atom stereocenters. The monoisotopic (exact) mass is 488 g/mol. The highest BCUT2D eigenvalue weighted by atomic mass is 16.5. The van der Waals surface area contributed by atoms with E-state index in [0.29, 0.717) is 19.6 Å². The van der Waals surface area contributed by atoms with Gasteiger partial charge in [0, 0.05) is 80.4 Å². The number of urea groups is 1. The first-order chi connectivity index (χ1) is 17.4. The van der Waals surface area contributed by atoms with E-state index in [-0.39, 0.29) is 23.3 Å². The topological polar surface area (TPSA) is 92.6 Å². The van der Waals surface area contributed by atoms with Crippen molar-refractivity contribution in [1.29, 1.82) is 0 Å². The molecule has 3 aliphatic rings. The molecule has 9 nitrogen and oxygen atoms in total.